The maximum Gasteiger partial charge on any atom is 0.418 e. The monoisotopic (exact) mass is 444 g/mol. The molecule has 1 aromatic carbocycles. The lowest BCUT2D eigenvalue weighted by Gasteiger charge is -2.26. The minimum absolute atomic E-state index is 0.00840. The number of phenols is 1. The van der Waals surface area contributed by atoms with E-state index in [1.54, 1.807) is 0 Å². The van der Waals surface area contributed by atoms with Gasteiger partial charge in [0.1, 0.15) is 17.0 Å². The summed E-state index contributed by atoms with van der Waals surface area (Å²) in [5, 5.41) is 28.2. The van der Waals surface area contributed by atoms with Crippen molar-refractivity contribution >= 4 is 16.7 Å². The zero-order chi connectivity index (χ0) is 22.6. The number of nitrogens with zero attached hydrogens (tertiary/aromatic N) is 4. The number of aromatic hydroxyl groups is 1. The van der Waals surface area contributed by atoms with E-state index in [2.05, 4.69) is 15.2 Å². The summed E-state index contributed by atoms with van der Waals surface area (Å²) in [6.45, 7) is -0.914. The molecule has 0 spiro atoms. The number of aliphatic hydroxyl groups is 1. The van der Waals surface area contributed by atoms with Crippen LogP contribution in [0.3, 0.4) is 0 Å². The first-order chi connectivity index (χ1) is 14.4. The molecule has 0 aliphatic carbocycles. The molecule has 31 heavy (non-hydrogen) atoms. The second-order valence-electron chi connectivity index (χ2n) is 7.20. The van der Waals surface area contributed by atoms with Crippen molar-refractivity contribution in [2.45, 2.75) is 24.4 Å². The maximum atomic E-state index is 13.2. The summed E-state index contributed by atoms with van der Waals surface area (Å²) in [4.78, 5) is 5.34. The highest BCUT2D eigenvalue weighted by atomic mass is 19.4. The summed E-state index contributed by atoms with van der Waals surface area (Å²) >= 11 is 0. The van der Waals surface area contributed by atoms with Gasteiger partial charge in [-0.25, -0.2) is 0 Å². The van der Waals surface area contributed by atoms with Crippen LogP contribution in [0.4, 0.5) is 32.2 Å². The van der Waals surface area contributed by atoms with Crippen LogP contribution in [0.2, 0.25) is 0 Å². The van der Waals surface area contributed by atoms with Gasteiger partial charge in [-0.15, -0.1) is 10.2 Å². The SMILES string of the molecule is Oc1cc(C(F)(F)F)ccc1-c1nnc(N2CCC(O)(C(F)(F)F)C2)c2ncccc12. The standard InChI is InChI=1S/C19H14F6N4O2/c20-18(21,22)10-3-4-11(13(30)8-10)14-12-2-1-6-26-15(12)16(28-27-14)29-7-5-17(31,9-29)19(23,24)25/h1-4,6,8,30-31H,5,7,9H2. The van der Waals surface area contributed by atoms with Crippen LogP contribution < -0.4 is 4.90 Å². The maximum absolute atomic E-state index is 13.2. The van der Waals surface area contributed by atoms with E-state index in [0.717, 1.165) is 12.1 Å². The first kappa shape index (κ1) is 21.1. The van der Waals surface area contributed by atoms with Crippen molar-refractivity contribution in [3.8, 4) is 17.0 Å². The average Bonchev–Trinajstić information content (AvgIpc) is 3.10. The van der Waals surface area contributed by atoms with Gasteiger partial charge in [0.2, 0.25) is 0 Å². The molecule has 0 bridgehead atoms. The molecular formula is C19H14F6N4O2. The van der Waals surface area contributed by atoms with Crippen molar-refractivity contribution in [1.29, 1.82) is 0 Å². The number of halogens is 6. The molecular weight excluding hydrogens is 430 g/mol. The fourth-order valence-corrected chi connectivity index (χ4v) is 3.50. The van der Waals surface area contributed by atoms with Crippen LogP contribution in [0.1, 0.15) is 12.0 Å². The summed E-state index contributed by atoms with van der Waals surface area (Å²) in [6, 6.07) is 5.38. The molecule has 4 rings (SSSR count). The van der Waals surface area contributed by atoms with Gasteiger partial charge in [-0.3, -0.25) is 4.98 Å². The fourth-order valence-electron chi connectivity index (χ4n) is 3.50. The van der Waals surface area contributed by atoms with E-state index in [4.69, 9.17) is 0 Å². The average molecular weight is 444 g/mol. The number of anilines is 1. The molecule has 1 atom stereocenters. The van der Waals surface area contributed by atoms with Gasteiger partial charge in [0, 0.05) is 30.1 Å². The molecule has 0 saturated carbocycles. The molecule has 1 fully saturated rings. The molecule has 6 nitrogen and oxygen atoms in total. The quantitative estimate of drug-likeness (QED) is 0.584. The van der Waals surface area contributed by atoms with Crippen molar-refractivity contribution in [2.75, 3.05) is 18.0 Å². The topological polar surface area (TPSA) is 82.4 Å². The van der Waals surface area contributed by atoms with Gasteiger partial charge in [0.15, 0.2) is 11.4 Å². The van der Waals surface area contributed by atoms with Crippen molar-refractivity contribution in [1.82, 2.24) is 15.2 Å². The molecule has 1 aliphatic rings. The Balaban J connectivity index is 1.79. The molecule has 1 unspecified atom stereocenters. The predicted octanol–water partition coefficient (Wildman–Crippen LogP) is 3.92. The first-order valence-corrected chi connectivity index (χ1v) is 8.97. The smallest absolute Gasteiger partial charge is 0.418 e. The second-order valence-corrected chi connectivity index (χ2v) is 7.20. The zero-order valence-electron chi connectivity index (χ0n) is 15.5. The zero-order valence-corrected chi connectivity index (χ0v) is 15.5. The van der Waals surface area contributed by atoms with E-state index < -0.39 is 42.2 Å². The van der Waals surface area contributed by atoms with Crippen molar-refractivity contribution in [2.24, 2.45) is 0 Å². The second kappa shape index (κ2) is 6.94. The van der Waals surface area contributed by atoms with Gasteiger partial charge in [-0.1, -0.05) is 0 Å². The van der Waals surface area contributed by atoms with E-state index in [9.17, 15) is 36.6 Å². The Labute approximate surface area is 170 Å². The van der Waals surface area contributed by atoms with Crippen LogP contribution in [0.15, 0.2) is 36.5 Å². The van der Waals surface area contributed by atoms with Crippen molar-refractivity contribution < 1.29 is 36.6 Å². The first-order valence-electron chi connectivity index (χ1n) is 8.97. The van der Waals surface area contributed by atoms with Crippen LogP contribution in [-0.4, -0.2) is 50.3 Å². The number of β-amino-alcohol motifs (C(OH)–C–C–N with tert-alkyl or cyclic N) is 1. The number of alkyl halides is 6. The Morgan fingerprint density at radius 1 is 1.03 bits per heavy atom. The number of fused-ring (bicyclic) bond motifs is 1. The van der Waals surface area contributed by atoms with Crippen molar-refractivity contribution in [3.05, 3.63) is 42.1 Å². The number of pyridine rings is 1. The largest absolute Gasteiger partial charge is 0.507 e. The summed E-state index contributed by atoms with van der Waals surface area (Å²) < 4.78 is 78.1. The number of aromatic nitrogens is 3. The molecule has 1 aliphatic heterocycles. The van der Waals surface area contributed by atoms with E-state index >= 15 is 0 Å². The molecule has 3 heterocycles. The van der Waals surface area contributed by atoms with Crippen LogP contribution in [0.5, 0.6) is 5.75 Å². The predicted molar refractivity (Wildman–Crippen MR) is 97.3 cm³/mol. The highest BCUT2D eigenvalue weighted by Gasteiger charge is 2.57. The fraction of sp³-hybridized carbons (Fsp3) is 0.316. The Kier molecular flexibility index (Phi) is 4.72. The van der Waals surface area contributed by atoms with Gasteiger partial charge >= 0.3 is 12.4 Å². The molecule has 1 saturated heterocycles. The third-order valence-electron chi connectivity index (χ3n) is 5.17. The molecule has 12 heteroatoms. The van der Waals surface area contributed by atoms with Gasteiger partial charge in [0.05, 0.1) is 12.1 Å². The van der Waals surface area contributed by atoms with Crippen molar-refractivity contribution in [3.63, 3.8) is 0 Å². The Morgan fingerprint density at radius 3 is 2.39 bits per heavy atom. The van der Waals surface area contributed by atoms with Gasteiger partial charge in [-0.2, -0.15) is 26.3 Å². The third-order valence-corrected chi connectivity index (χ3v) is 5.17. The lowest BCUT2D eigenvalue weighted by Crippen LogP contribution is -2.47. The number of hydrogen-bond acceptors (Lipinski definition) is 6. The highest BCUT2D eigenvalue weighted by molar-refractivity contribution is 5.98. The number of rotatable bonds is 2. The van der Waals surface area contributed by atoms with Crippen LogP contribution >= 0.6 is 0 Å². The van der Waals surface area contributed by atoms with Gasteiger partial charge in [0.25, 0.3) is 0 Å². The Bertz CT molecular complexity index is 1150. The van der Waals surface area contributed by atoms with E-state index in [1.807, 2.05) is 0 Å². The van der Waals surface area contributed by atoms with Crippen LogP contribution in [0, 0.1) is 0 Å². The van der Waals surface area contributed by atoms with Gasteiger partial charge < -0.3 is 15.1 Å². The molecule has 3 aromatic rings. The van der Waals surface area contributed by atoms with Crippen LogP contribution in [-0.2, 0) is 6.18 Å². The van der Waals surface area contributed by atoms with E-state index in [0.29, 0.717) is 6.07 Å². The molecule has 2 aromatic heterocycles. The van der Waals surface area contributed by atoms with Gasteiger partial charge in [-0.05, 0) is 30.3 Å². The van der Waals surface area contributed by atoms with E-state index in [1.165, 1.54) is 23.2 Å². The summed E-state index contributed by atoms with van der Waals surface area (Å²) in [5.74, 6) is -0.694. The third kappa shape index (κ3) is 3.60. The summed E-state index contributed by atoms with van der Waals surface area (Å²) in [5.41, 5.74) is -3.84. The normalized spacial score (nSPS) is 19.9. The minimum atomic E-state index is -4.83. The molecule has 0 radical (unpaired) electrons. The summed E-state index contributed by atoms with van der Waals surface area (Å²) in [6.07, 6.45) is -8.67. The van der Waals surface area contributed by atoms with Crippen LogP contribution in [0.25, 0.3) is 22.2 Å². The lowest BCUT2D eigenvalue weighted by atomic mass is 10.0. The minimum Gasteiger partial charge on any atom is -0.507 e. The molecule has 164 valence electrons. The molecule has 2 N–H and O–H groups in total. The van der Waals surface area contributed by atoms with E-state index in [-0.39, 0.29) is 34.5 Å². The highest BCUT2D eigenvalue weighted by Crippen LogP contribution is 2.42. The Morgan fingerprint density at radius 2 is 1.77 bits per heavy atom. The lowest BCUT2D eigenvalue weighted by molar-refractivity contribution is -0.250. The number of phenolic OH excluding ortho intramolecular Hbond substituents is 1. The Hall–Kier alpha value is -3.15. The summed E-state index contributed by atoms with van der Waals surface area (Å²) in [7, 11) is 0. The number of benzene rings is 1. The molecule has 0 amide bonds. The number of hydrogen-bond donors (Lipinski definition) is 2.